The standard InChI is InChI=1S/C22H23NO6/c1-4-21(26)23-18-8-5-15(6-9-18)19(25)13-29-22(27)12-17-11-16(14(2)24)7-10-20(17)28-3/h5-11H,4,12-13H2,1-3H3,(H,23,26). The molecule has 0 saturated heterocycles. The lowest BCUT2D eigenvalue weighted by Gasteiger charge is -2.10. The lowest BCUT2D eigenvalue weighted by Crippen LogP contribution is -2.16. The third kappa shape index (κ3) is 6.27. The number of hydrogen-bond donors (Lipinski definition) is 1. The second-order valence-electron chi connectivity index (χ2n) is 6.32. The van der Waals surface area contributed by atoms with Crippen molar-refractivity contribution in [2.45, 2.75) is 26.7 Å². The Morgan fingerprint density at radius 1 is 0.966 bits per heavy atom. The van der Waals surface area contributed by atoms with Gasteiger partial charge in [0, 0.05) is 28.8 Å². The Kier molecular flexibility index (Phi) is 7.65. The molecule has 1 amide bonds. The molecule has 0 unspecified atom stereocenters. The summed E-state index contributed by atoms with van der Waals surface area (Å²) in [5.41, 5.74) is 1.92. The van der Waals surface area contributed by atoms with Gasteiger partial charge in [-0.3, -0.25) is 19.2 Å². The number of carbonyl (C=O) groups is 4. The second-order valence-corrected chi connectivity index (χ2v) is 6.32. The second kappa shape index (κ2) is 10.2. The molecule has 0 bridgehead atoms. The molecule has 0 saturated carbocycles. The number of rotatable bonds is 9. The van der Waals surface area contributed by atoms with Crippen LogP contribution in [0.4, 0.5) is 5.69 Å². The molecule has 0 atom stereocenters. The Labute approximate surface area is 169 Å². The molecule has 0 heterocycles. The van der Waals surface area contributed by atoms with Gasteiger partial charge in [0.2, 0.25) is 5.91 Å². The molecular formula is C22H23NO6. The molecule has 0 aliphatic heterocycles. The van der Waals surface area contributed by atoms with Crippen LogP contribution in [0, 0.1) is 0 Å². The Bertz CT molecular complexity index is 917. The first-order chi connectivity index (χ1) is 13.8. The summed E-state index contributed by atoms with van der Waals surface area (Å²) in [4.78, 5) is 47.3. The molecule has 0 aliphatic rings. The number of Topliss-reactive ketones (excluding diaryl/α,β-unsaturated/α-hetero) is 2. The first kappa shape index (κ1) is 21.8. The van der Waals surface area contributed by atoms with E-state index in [0.29, 0.717) is 34.5 Å². The van der Waals surface area contributed by atoms with Gasteiger partial charge in [0.1, 0.15) is 5.75 Å². The Morgan fingerprint density at radius 3 is 2.21 bits per heavy atom. The van der Waals surface area contributed by atoms with Crippen LogP contribution >= 0.6 is 0 Å². The van der Waals surface area contributed by atoms with Crippen LogP contribution in [0.3, 0.4) is 0 Å². The number of methoxy groups -OCH3 is 1. The summed E-state index contributed by atoms with van der Waals surface area (Å²) in [7, 11) is 1.47. The highest BCUT2D eigenvalue weighted by molar-refractivity contribution is 5.99. The van der Waals surface area contributed by atoms with Gasteiger partial charge in [-0.25, -0.2) is 0 Å². The average Bonchev–Trinajstić information content (AvgIpc) is 2.72. The highest BCUT2D eigenvalue weighted by Crippen LogP contribution is 2.21. The molecule has 2 aromatic carbocycles. The van der Waals surface area contributed by atoms with Crippen LogP contribution in [0.25, 0.3) is 0 Å². The van der Waals surface area contributed by atoms with Gasteiger partial charge in [0.25, 0.3) is 0 Å². The van der Waals surface area contributed by atoms with E-state index < -0.39 is 12.6 Å². The summed E-state index contributed by atoms with van der Waals surface area (Å²) in [5, 5.41) is 2.69. The first-order valence-corrected chi connectivity index (χ1v) is 9.10. The van der Waals surface area contributed by atoms with Crippen molar-refractivity contribution in [1.29, 1.82) is 0 Å². The summed E-state index contributed by atoms with van der Waals surface area (Å²) >= 11 is 0. The normalized spacial score (nSPS) is 10.2. The Hall–Kier alpha value is -3.48. The van der Waals surface area contributed by atoms with Gasteiger partial charge in [-0.15, -0.1) is 0 Å². The van der Waals surface area contributed by atoms with Crippen LogP contribution < -0.4 is 10.1 Å². The fourth-order valence-electron chi connectivity index (χ4n) is 2.56. The molecule has 0 spiro atoms. The van der Waals surface area contributed by atoms with Gasteiger partial charge >= 0.3 is 5.97 Å². The van der Waals surface area contributed by atoms with Crippen LogP contribution in [0.1, 0.15) is 46.5 Å². The smallest absolute Gasteiger partial charge is 0.310 e. The van der Waals surface area contributed by atoms with E-state index in [0.717, 1.165) is 0 Å². The number of esters is 1. The predicted molar refractivity (Wildman–Crippen MR) is 107 cm³/mol. The number of benzene rings is 2. The number of ether oxygens (including phenoxy) is 2. The van der Waals surface area contributed by atoms with Crippen LogP contribution in [-0.2, 0) is 20.7 Å². The topological polar surface area (TPSA) is 98.8 Å². The molecular weight excluding hydrogens is 374 g/mol. The van der Waals surface area contributed by atoms with Gasteiger partial charge in [0.05, 0.1) is 13.5 Å². The number of hydrogen-bond acceptors (Lipinski definition) is 6. The van der Waals surface area contributed by atoms with E-state index in [-0.39, 0.29) is 23.9 Å². The average molecular weight is 397 g/mol. The zero-order valence-electron chi connectivity index (χ0n) is 16.6. The van der Waals surface area contributed by atoms with Crippen molar-refractivity contribution in [2.24, 2.45) is 0 Å². The fourth-order valence-corrected chi connectivity index (χ4v) is 2.56. The molecule has 1 N–H and O–H groups in total. The van der Waals surface area contributed by atoms with Crippen molar-refractivity contribution in [2.75, 3.05) is 19.0 Å². The number of amides is 1. The van der Waals surface area contributed by atoms with Crippen molar-refractivity contribution < 1.29 is 28.7 Å². The van der Waals surface area contributed by atoms with Gasteiger partial charge in [-0.2, -0.15) is 0 Å². The van der Waals surface area contributed by atoms with Gasteiger partial charge in [0.15, 0.2) is 18.2 Å². The molecule has 0 aromatic heterocycles. The largest absolute Gasteiger partial charge is 0.496 e. The highest BCUT2D eigenvalue weighted by atomic mass is 16.5. The maximum Gasteiger partial charge on any atom is 0.310 e. The molecule has 0 fully saturated rings. The van der Waals surface area contributed by atoms with Gasteiger partial charge in [-0.1, -0.05) is 6.92 Å². The number of nitrogens with one attached hydrogen (secondary N) is 1. The van der Waals surface area contributed by atoms with Crippen LogP contribution in [0.15, 0.2) is 42.5 Å². The summed E-state index contributed by atoms with van der Waals surface area (Å²) < 4.78 is 10.3. The van der Waals surface area contributed by atoms with E-state index in [1.165, 1.54) is 14.0 Å². The van der Waals surface area contributed by atoms with Crippen molar-refractivity contribution >= 4 is 29.1 Å². The minimum atomic E-state index is -0.607. The van der Waals surface area contributed by atoms with E-state index in [9.17, 15) is 19.2 Å². The van der Waals surface area contributed by atoms with E-state index in [2.05, 4.69) is 5.32 Å². The first-order valence-electron chi connectivity index (χ1n) is 9.10. The quantitative estimate of drug-likeness (QED) is 0.515. The molecule has 7 heteroatoms. The number of carbonyl (C=O) groups excluding carboxylic acids is 4. The summed E-state index contributed by atoms with van der Waals surface area (Å²) in [5.74, 6) is -0.762. The third-order valence-electron chi connectivity index (χ3n) is 4.20. The SMILES string of the molecule is CCC(=O)Nc1ccc(C(=O)COC(=O)Cc2cc(C(C)=O)ccc2OC)cc1. The van der Waals surface area contributed by atoms with Crippen LogP contribution in [-0.4, -0.2) is 37.2 Å². The van der Waals surface area contributed by atoms with Gasteiger partial charge in [-0.05, 0) is 49.4 Å². The third-order valence-corrected chi connectivity index (χ3v) is 4.20. The lowest BCUT2D eigenvalue weighted by molar-refractivity contribution is -0.141. The predicted octanol–water partition coefficient (Wildman–Crippen LogP) is 3.21. The van der Waals surface area contributed by atoms with Crippen molar-refractivity contribution in [3.63, 3.8) is 0 Å². The molecule has 2 rings (SSSR count). The van der Waals surface area contributed by atoms with Crippen molar-refractivity contribution in [3.05, 3.63) is 59.2 Å². The van der Waals surface area contributed by atoms with Gasteiger partial charge < -0.3 is 14.8 Å². The minimum absolute atomic E-state index is 0.123. The van der Waals surface area contributed by atoms with Crippen molar-refractivity contribution in [1.82, 2.24) is 0 Å². The van der Waals surface area contributed by atoms with Crippen molar-refractivity contribution in [3.8, 4) is 5.75 Å². The zero-order valence-corrected chi connectivity index (χ0v) is 16.6. The summed E-state index contributed by atoms with van der Waals surface area (Å²) in [6.45, 7) is 2.77. The van der Waals surface area contributed by atoms with Crippen LogP contribution in [0.5, 0.6) is 5.75 Å². The Balaban J connectivity index is 1.95. The minimum Gasteiger partial charge on any atom is -0.496 e. The zero-order chi connectivity index (χ0) is 21.4. The Morgan fingerprint density at radius 2 is 1.62 bits per heavy atom. The molecule has 29 heavy (non-hydrogen) atoms. The maximum atomic E-state index is 12.2. The number of ketones is 2. The lowest BCUT2D eigenvalue weighted by atomic mass is 10.0. The maximum absolute atomic E-state index is 12.2. The van der Waals surface area contributed by atoms with E-state index in [4.69, 9.17) is 9.47 Å². The molecule has 2 aromatic rings. The van der Waals surface area contributed by atoms with E-state index in [1.807, 2.05) is 0 Å². The van der Waals surface area contributed by atoms with E-state index in [1.54, 1.807) is 49.4 Å². The summed E-state index contributed by atoms with van der Waals surface area (Å²) in [6.07, 6.45) is 0.232. The summed E-state index contributed by atoms with van der Waals surface area (Å²) in [6, 6.07) is 11.1. The fraction of sp³-hybridized carbons (Fsp3) is 0.273. The monoisotopic (exact) mass is 397 g/mol. The number of anilines is 1. The molecule has 0 radical (unpaired) electrons. The molecule has 0 aliphatic carbocycles. The highest BCUT2D eigenvalue weighted by Gasteiger charge is 2.15. The molecule has 152 valence electrons. The van der Waals surface area contributed by atoms with Crippen LogP contribution in [0.2, 0.25) is 0 Å². The van der Waals surface area contributed by atoms with E-state index >= 15 is 0 Å². The molecule has 7 nitrogen and oxygen atoms in total.